The number of hydrogen-bond donors (Lipinski definition) is 2. The molecule has 0 saturated carbocycles. The molecule has 2 aromatic rings. The normalized spacial score (nSPS) is 10.1. The Bertz CT molecular complexity index is 780. The van der Waals surface area contributed by atoms with Crippen LogP contribution in [0.25, 0.3) is 0 Å². The molecule has 7 heteroatoms. The van der Waals surface area contributed by atoms with Gasteiger partial charge < -0.3 is 9.47 Å². The van der Waals surface area contributed by atoms with Crippen molar-refractivity contribution in [1.29, 1.82) is 0 Å². The van der Waals surface area contributed by atoms with Crippen molar-refractivity contribution >= 4 is 27.7 Å². The third kappa shape index (κ3) is 6.40. The minimum atomic E-state index is -0.464. The third-order valence-corrected chi connectivity index (χ3v) is 4.01. The van der Waals surface area contributed by atoms with E-state index < -0.39 is 11.8 Å². The van der Waals surface area contributed by atoms with Gasteiger partial charge in [-0.3, -0.25) is 20.4 Å². The van der Waals surface area contributed by atoms with Gasteiger partial charge in [-0.05, 0) is 54.8 Å². The van der Waals surface area contributed by atoms with Crippen molar-refractivity contribution in [2.24, 2.45) is 0 Å². The lowest BCUT2D eigenvalue weighted by atomic mass is 10.2. The zero-order chi connectivity index (χ0) is 18.9. The SMILES string of the molecule is CCc1cccc(OCC(=O)NNC(=O)COc2ccc(Br)cc2C)c1. The van der Waals surface area contributed by atoms with E-state index in [0.717, 1.165) is 22.0 Å². The number of halogens is 1. The molecule has 2 rings (SSSR count). The maximum atomic E-state index is 11.8. The summed E-state index contributed by atoms with van der Waals surface area (Å²) in [5.41, 5.74) is 6.60. The highest BCUT2D eigenvalue weighted by molar-refractivity contribution is 9.10. The van der Waals surface area contributed by atoms with Gasteiger partial charge in [-0.25, -0.2) is 0 Å². The molecule has 0 heterocycles. The van der Waals surface area contributed by atoms with Crippen LogP contribution < -0.4 is 20.3 Å². The van der Waals surface area contributed by atoms with Crippen molar-refractivity contribution in [3.63, 3.8) is 0 Å². The molecule has 0 atom stereocenters. The predicted octanol–water partition coefficient (Wildman–Crippen LogP) is 2.93. The van der Waals surface area contributed by atoms with E-state index in [0.29, 0.717) is 11.5 Å². The summed E-state index contributed by atoms with van der Waals surface area (Å²) in [6.07, 6.45) is 0.886. The molecule has 0 fully saturated rings. The van der Waals surface area contributed by atoms with E-state index in [1.807, 2.05) is 44.2 Å². The number of rotatable bonds is 7. The average molecular weight is 421 g/mol. The van der Waals surface area contributed by atoms with Crippen molar-refractivity contribution in [3.8, 4) is 11.5 Å². The summed E-state index contributed by atoms with van der Waals surface area (Å²) in [4.78, 5) is 23.5. The number of carbonyl (C=O) groups excluding carboxylic acids is 2. The molecule has 6 nitrogen and oxygen atoms in total. The fourth-order valence-corrected chi connectivity index (χ4v) is 2.61. The van der Waals surface area contributed by atoms with Crippen LogP contribution in [0.4, 0.5) is 0 Å². The van der Waals surface area contributed by atoms with Crippen LogP contribution in [-0.4, -0.2) is 25.0 Å². The lowest BCUT2D eigenvalue weighted by Crippen LogP contribution is -2.45. The van der Waals surface area contributed by atoms with E-state index in [9.17, 15) is 9.59 Å². The highest BCUT2D eigenvalue weighted by Gasteiger charge is 2.08. The Kier molecular flexibility index (Phi) is 7.47. The van der Waals surface area contributed by atoms with Gasteiger partial charge in [0.2, 0.25) is 0 Å². The summed E-state index contributed by atoms with van der Waals surface area (Å²) in [6.45, 7) is 3.52. The average Bonchev–Trinajstić information content (AvgIpc) is 2.64. The summed E-state index contributed by atoms with van der Waals surface area (Å²) in [7, 11) is 0. The topological polar surface area (TPSA) is 76.7 Å². The Hall–Kier alpha value is -2.54. The van der Waals surface area contributed by atoms with Crippen molar-refractivity contribution in [2.75, 3.05) is 13.2 Å². The number of aryl methyl sites for hydroxylation is 2. The van der Waals surface area contributed by atoms with Crippen molar-refractivity contribution in [1.82, 2.24) is 10.9 Å². The maximum Gasteiger partial charge on any atom is 0.276 e. The number of benzene rings is 2. The first-order chi connectivity index (χ1) is 12.5. The van der Waals surface area contributed by atoms with Gasteiger partial charge in [0.25, 0.3) is 11.8 Å². The highest BCUT2D eigenvalue weighted by Crippen LogP contribution is 2.21. The molecule has 2 amide bonds. The zero-order valence-corrected chi connectivity index (χ0v) is 16.3. The molecule has 2 aromatic carbocycles. The highest BCUT2D eigenvalue weighted by atomic mass is 79.9. The van der Waals surface area contributed by atoms with Crippen LogP contribution in [0.1, 0.15) is 18.1 Å². The van der Waals surface area contributed by atoms with Gasteiger partial charge in [-0.1, -0.05) is 35.0 Å². The second-order valence-electron chi connectivity index (χ2n) is 5.58. The molecule has 26 heavy (non-hydrogen) atoms. The molecule has 138 valence electrons. The van der Waals surface area contributed by atoms with E-state index in [2.05, 4.69) is 26.8 Å². The second-order valence-corrected chi connectivity index (χ2v) is 6.50. The molecule has 0 spiro atoms. The molecule has 0 bridgehead atoms. The summed E-state index contributed by atoms with van der Waals surface area (Å²) in [5.74, 6) is 0.294. The van der Waals surface area contributed by atoms with E-state index in [-0.39, 0.29) is 13.2 Å². The number of carbonyl (C=O) groups is 2. The Labute approximate surface area is 161 Å². The molecule has 0 aliphatic carbocycles. The summed E-state index contributed by atoms with van der Waals surface area (Å²) < 4.78 is 11.8. The molecule has 0 aliphatic heterocycles. The molecule has 0 aromatic heterocycles. The number of ether oxygens (including phenoxy) is 2. The van der Waals surface area contributed by atoms with Crippen molar-refractivity contribution < 1.29 is 19.1 Å². The quantitative estimate of drug-likeness (QED) is 0.675. The van der Waals surface area contributed by atoms with Crippen LogP contribution in [-0.2, 0) is 16.0 Å². The fraction of sp³-hybridized carbons (Fsp3) is 0.263. The van der Waals surface area contributed by atoms with E-state index in [1.54, 1.807) is 12.1 Å². The predicted molar refractivity (Wildman–Crippen MR) is 102 cm³/mol. The fourth-order valence-electron chi connectivity index (χ4n) is 2.13. The second kappa shape index (κ2) is 9.82. The third-order valence-electron chi connectivity index (χ3n) is 3.51. The number of amides is 2. The Morgan fingerprint density at radius 1 is 1.00 bits per heavy atom. The summed E-state index contributed by atoms with van der Waals surface area (Å²) >= 11 is 3.36. The minimum absolute atomic E-state index is 0.194. The monoisotopic (exact) mass is 420 g/mol. The van der Waals surface area contributed by atoms with Gasteiger partial charge in [0, 0.05) is 4.47 Å². The lowest BCUT2D eigenvalue weighted by Gasteiger charge is -2.11. The van der Waals surface area contributed by atoms with Gasteiger partial charge in [-0.15, -0.1) is 0 Å². The van der Waals surface area contributed by atoms with E-state index in [1.165, 1.54) is 0 Å². The standard InChI is InChI=1S/C19H21BrN2O4/c1-3-14-5-4-6-16(10-14)25-11-18(23)21-22-19(24)12-26-17-8-7-15(20)9-13(17)2/h4-10H,3,11-12H2,1-2H3,(H,21,23)(H,22,24). The zero-order valence-electron chi connectivity index (χ0n) is 14.7. The van der Waals surface area contributed by atoms with E-state index >= 15 is 0 Å². The first-order valence-corrected chi connectivity index (χ1v) is 8.95. The summed E-state index contributed by atoms with van der Waals surface area (Å²) in [6, 6.07) is 13.0. The number of hydrogen-bond acceptors (Lipinski definition) is 4. The Morgan fingerprint density at radius 3 is 2.35 bits per heavy atom. The van der Waals surface area contributed by atoms with Gasteiger partial charge >= 0.3 is 0 Å². The molecule has 0 aliphatic rings. The van der Waals surface area contributed by atoms with Crippen LogP contribution in [0, 0.1) is 6.92 Å². The van der Waals surface area contributed by atoms with Gasteiger partial charge in [0.1, 0.15) is 11.5 Å². The maximum absolute atomic E-state index is 11.8. The first-order valence-electron chi connectivity index (χ1n) is 8.16. The Morgan fingerprint density at radius 2 is 1.69 bits per heavy atom. The van der Waals surface area contributed by atoms with Crippen molar-refractivity contribution in [3.05, 3.63) is 58.1 Å². The first kappa shape index (κ1) is 19.8. The molecular formula is C19H21BrN2O4. The van der Waals surface area contributed by atoms with Gasteiger partial charge in [0.05, 0.1) is 0 Å². The minimum Gasteiger partial charge on any atom is -0.484 e. The van der Waals surface area contributed by atoms with E-state index in [4.69, 9.17) is 9.47 Å². The van der Waals surface area contributed by atoms with Crippen LogP contribution >= 0.6 is 15.9 Å². The Balaban J connectivity index is 1.70. The van der Waals surface area contributed by atoms with Crippen LogP contribution in [0.15, 0.2) is 46.9 Å². The van der Waals surface area contributed by atoms with Crippen LogP contribution in [0.3, 0.4) is 0 Å². The lowest BCUT2D eigenvalue weighted by molar-refractivity contribution is -0.131. The summed E-state index contributed by atoms with van der Waals surface area (Å²) in [5, 5.41) is 0. The molecule has 0 saturated heterocycles. The van der Waals surface area contributed by atoms with Crippen molar-refractivity contribution in [2.45, 2.75) is 20.3 Å². The van der Waals surface area contributed by atoms with Crippen LogP contribution in [0.2, 0.25) is 0 Å². The molecule has 0 radical (unpaired) electrons. The number of nitrogens with one attached hydrogen (secondary N) is 2. The largest absolute Gasteiger partial charge is 0.484 e. The molecule has 2 N–H and O–H groups in total. The smallest absolute Gasteiger partial charge is 0.276 e. The van der Waals surface area contributed by atoms with Gasteiger partial charge in [0.15, 0.2) is 13.2 Å². The number of hydrazine groups is 1. The molecular weight excluding hydrogens is 400 g/mol. The van der Waals surface area contributed by atoms with Gasteiger partial charge in [-0.2, -0.15) is 0 Å². The van der Waals surface area contributed by atoms with Crippen LogP contribution in [0.5, 0.6) is 11.5 Å². The molecule has 0 unspecified atom stereocenters.